The standard InChI is InChI=1S/C20H23NO7/c1-5-27-17-10-14(20(23)24)15(11-18(17)28-6-2)21-19(22)13-8-7-12(25-3)9-16(13)26-4/h7-11H,5-6H2,1-4H3,(H,21,22)(H,23,24). The molecule has 150 valence electrons. The molecule has 0 bridgehead atoms. The van der Waals surface area contributed by atoms with Crippen molar-refractivity contribution in [2.24, 2.45) is 0 Å². The Morgan fingerprint density at radius 1 is 0.893 bits per heavy atom. The van der Waals surface area contributed by atoms with E-state index in [2.05, 4.69) is 5.32 Å². The fourth-order valence-corrected chi connectivity index (χ4v) is 2.55. The lowest BCUT2D eigenvalue weighted by Crippen LogP contribution is -2.16. The first-order valence-corrected chi connectivity index (χ1v) is 8.65. The van der Waals surface area contributed by atoms with Gasteiger partial charge in [0.15, 0.2) is 11.5 Å². The SMILES string of the molecule is CCOc1cc(NC(=O)c2ccc(OC)cc2OC)c(C(=O)O)cc1OCC. The molecule has 8 nitrogen and oxygen atoms in total. The summed E-state index contributed by atoms with van der Waals surface area (Å²) in [6.07, 6.45) is 0. The van der Waals surface area contributed by atoms with Gasteiger partial charge in [0, 0.05) is 18.2 Å². The number of amides is 1. The normalized spacial score (nSPS) is 10.1. The van der Waals surface area contributed by atoms with Crippen molar-refractivity contribution in [2.75, 3.05) is 32.8 Å². The van der Waals surface area contributed by atoms with Crippen LogP contribution in [0.15, 0.2) is 30.3 Å². The Labute approximate surface area is 163 Å². The van der Waals surface area contributed by atoms with Crippen molar-refractivity contribution in [1.29, 1.82) is 0 Å². The molecule has 28 heavy (non-hydrogen) atoms. The Morgan fingerprint density at radius 2 is 1.54 bits per heavy atom. The van der Waals surface area contributed by atoms with Crippen LogP contribution in [-0.4, -0.2) is 44.4 Å². The third-order valence-corrected chi connectivity index (χ3v) is 3.82. The van der Waals surface area contributed by atoms with Crippen molar-refractivity contribution in [2.45, 2.75) is 13.8 Å². The van der Waals surface area contributed by atoms with E-state index in [1.807, 2.05) is 0 Å². The zero-order valence-corrected chi connectivity index (χ0v) is 16.2. The van der Waals surface area contributed by atoms with Gasteiger partial charge in [0.2, 0.25) is 0 Å². The maximum Gasteiger partial charge on any atom is 0.337 e. The van der Waals surface area contributed by atoms with Crippen LogP contribution in [0.25, 0.3) is 0 Å². The van der Waals surface area contributed by atoms with Crippen LogP contribution in [0.5, 0.6) is 23.0 Å². The molecule has 1 amide bonds. The summed E-state index contributed by atoms with van der Waals surface area (Å²) < 4.78 is 21.3. The molecule has 0 spiro atoms. The highest BCUT2D eigenvalue weighted by atomic mass is 16.5. The summed E-state index contributed by atoms with van der Waals surface area (Å²) in [4.78, 5) is 24.4. The van der Waals surface area contributed by atoms with E-state index >= 15 is 0 Å². The highest BCUT2D eigenvalue weighted by Gasteiger charge is 2.21. The van der Waals surface area contributed by atoms with Gasteiger partial charge in [0.25, 0.3) is 5.91 Å². The average Bonchev–Trinajstić information content (AvgIpc) is 2.69. The smallest absolute Gasteiger partial charge is 0.337 e. The van der Waals surface area contributed by atoms with Gasteiger partial charge in [0.1, 0.15) is 11.5 Å². The summed E-state index contributed by atoms with van der Waals surface area (Å²) in [5.74, 6) is -0.285. The van der Waals surface area contributed by atoms with Crippen molar-refractivity contribution in [3.63, 3.8) is 0 Å². The van der Waals surface area contributed by atoms with Crippen LogP contribution >= 0.6 is 0 Å². The van der Waals surface area contributed by atoms with E-state index < -0.39 is 11.9 Å². The number of carbonyl (C=O) groups is 2. The zero-order valence-electron chi connectivity index (χ0n) is 16.2. The van der Waals surface area contributed by atoms with E-state index in [0.717, 1.165) is 0 Å². The number of carboxylic acid groups (broad SMARTS) is 1. The summed E-state index contributed by atoms with van der Waals surface area (Å²) in [5.41, 5.74) is 0.196. The van der Waals surface area contributed by atoms with Crippen molar-refractivity contribution >= 4 is 17.6 Å². The third-order valence-electron chi connectivity index (χ3n) is 3.82. The monoisotopic (exact) mass is 389 g/mol. The van der Waals surface area contributed by atoms with Crippen LogP contribution < -0.4 is 24.3 Å². The van der Waals surface area contributed by atoms with E-state index in [1.54, 1.807) is 26.0 Å². The second-order valence-electron chi connectivity index (χ2n) is 5.54. The maximum absolute atomic E-state index is 12.8. The van der Waals surface area contributed by atoms with Gasteiger partial charge in [-0.1, -0.05) is 0 Å². The van der Waals surface area contributed by atoms with Gasteiger partial charge in [-0.05, 0) is 26.0 Å². The minimum Gasteiger partial charge on any atom is -0.497 e. The molecule has 0 radical (unpaired) electrons. The second kappa shape index (κ2) is 9.50. The van der Waals surface area contributed by atoms with E-state index in [1.165, 1.54) is 32.4 Å². The predicted octanol–water partition coefficient (Wildman–Crippen LogP) is 3.45. The highest BCUT2D eigenvalue weighted by Crippen LogP contribution is 2.35. The molecule has 2 aromatic rings. The van der Waals surface area contributed by atoms with Crippen LogP contribution in [0.4, 0.5) is 5.69 Å². The van der Waals surface area contributed by atoms with Crippen molar-refractivity contribution in [1.82, 2.24) is 0 Å². The summed E-state index contributed by atoms with van der Waals surface area (Å²) >= 11 is 0. The van der Waals surface area contributed by atoms with Gasteiger partial charge in [-0.3, -0.25) is 4.79 Å². The number of carboxylic acids is 1. The molecule has 0 heterocycles. The number of nitrogens with one attached hydrogen (secondary N) is 1. The molecule has 0 aliphatic rings. The van der Waals surface area contributed by atoms with Gasteiger partial charge >= 0.3 is 5.97 Å². The van der Waals surface area contributed by atoms with Crippen LogP contribution in [0.1, 0.15) is 34.6 Å². The lowest BCUT2D eigenvalue weighted by atomic mass is 10.1. The number of methoxy groups -OCH3 is 2. The Balaban J connectivity index is 2.45. The summed E-state index contributed by atoms with van der Waals surface area (Å²) in [5, 5.41) is 12.2. The second-order valence-corrected chi connectivity index (χ2v) is 5.54. The van der Waals surface area contributed by atoms with E-state index in [9.17, 15) is 14.7 Å². The van der Waals surface area contributed by atoms with E-state index in [-0.39, 0.29) is 16.8 Å². The summed E-state index contributed by atoms with van der Waals surface area (Å²) in [7, 11) is 2.93. The topological polar surface area (TPSA) is 103 Å². The fraction of sp³-hybridized carbons (Fsp3) is 0.300. The molecule has 0 saturated carbocycles. The lowest BCUT2D eigenvalue weighted by molar-refractivity contribution is 0.0697. The minimum atomic E-state index is -1.21. The molecule has 0 unspecified atom stereocenters. The first kappa shape index (κ1) is 20.9. The van der Waals surface area contributed by atoms with Gasteiger partial charge in [0.05, 0.1) is 44.2 Å². The summed E-state index contributed by atoms with van der Waals surface area (Å²) in [6, 6.07) is 7.48. The molecule has 0 aliphatic carbocycles. The molecule has 0 fully saturated rings. The van der Waals surface area contributed by atoms with Gasteiger partial charge in [-0.15, -0.1) is 0 Å². The molecule has 2 N–H and O–H groups in total. The van der Waals surface area contributed by atoms with E-state index in [0.29, 0.717) is 36.2 Å². The molecule has 0 aromatic heterocycles. The quantitative estimate of drug-likeness (QED) is 0.677. The Morgan fingerprint density at radius 3 is 2.07 bits per heavy atom. The first-order valence-electron chi connectivity index (χ1n) is 8.65. The Bertz CT molecular complexity index is 864. The molecule has 0 saturated heterocycles. The molecular weight excluding hydrogens is 366 g/mol. The lowest BCUT2D eigenvalue weighted by Gasteiger charge is -2.16. The van der Waals surface area contributed by atoms with Crippen molar-refractivity contribution in [3.8, 4) is 23.0 Å². The molecule has 0 atom stereocenters. The number of benzene rings is 2. The third kappa shape index (κ3) is 4.64. The number of anilines is 1. The molecule has 2 rings (SSSR count). The van der Waals surface area contributed by atoms with E-state index in [4.69, 9.17) is 18.9 Å². The number of rotatable bonds is 9. The first-order chi connectivity index (χ1) is 13.4. The molecule has 2 aromatic carbocycles. The Kier molecular flexibility index (Phi) is 7.08. The zero-order chi connectivity index (χ0) is 20.7. The Hall–Kier alpha value is -3.42. The highest BCUT2D eigenvalue weighted by molar-refractivity contribution is 6.09. The van der Waals surface area contributed by atoms with Crippen molar-refractivity contribution in [3.05, 3.63) is 41.5 Å². The van der Waals surface area contributed by atoms with Gasteiger partial charge in [-0.25, -0.2) is 4.79 Å². The number of aromatic carboxylic acids is 1. The molecule has 0 aliphatic heterocycles. The number of carbonyl (C=O) groups excluding carboxylic acids is 1. The van der Waals surface area contributed by atoms with Crippen LogP contribution in [-0.2, 0) is 0 Å². The predicted molar refractivity (Wildman–Crippen MR) is 103 cm³/mol. The molecule has 8 heteroatoms. The van der Waals surface area contributed by atoms with Crippen LogP contribution in [0.2, 0.25) is 0 Å². The largest absolute Gasteiger partial charge is 0.497 e. The number of hydrogen-bond donors (Lipinski definition) is 2. The van der Waals surface area contributed by atoms with Crippen LogP contribution in [0, 0.1) is 0 Å². The maximum atomic E-state index is 12.8. The molecular formula is C20H23NO7. The minimum absolute atomic E-state index is 0.0854. The van der Waals surface area contributed by atoms with Crippen LogP contribution in [0.3, 0.4) is 0 Å². The van der Waals surface area contributed by atoms with Gasteiger partial charge in [-0.2, -0.15) is 0 Å². The summed E-state index contributed by atoms with van der Waals surface area (Å²) in [6.45, 7) is 4.27. The number of ether oxygens (including phenoxy) is 4. The fourth-order valence-electron chi connectivity index (χ4n) is 2.55. The average molecular weight is 389 g/mol. The van der Waals surface area contributed by atoms with Crippen molar-refractivity contribution < 1.29 is 33.6 Å². The van der Waals surface area contributed by atoms with Gasteiger partial charge < -0.3 is 29.4 Å². The number of hydrogen-bond acceptors (Lipinski definition) is 6.